The van der Waals surface area contributed by atoms with Crippen LogP contribution in [-0.2, 0) is 6.54 Å². The number of aryl methyl sites for hydroxylation is 1. The van der Waals surface area contributed by atoms with Crippen molar-refractivity contribution < 1.29 is 0 Å². The number of halogens is 2. The third-order valence-corrected chi connectivity index (χ3v) is 3.98. The molecule has 0 saturated carbocycles. The van der Waals surface area contributed by atoms with Gasteiger partial charge in [-0.2, -0.15) is 0 Å². The van der Waals surface area contributed by atoms with E-state index in [0.717, 1.165) is 22.8 Å². The second-order valence-corrected chi connectivity index (χ2v) is 5.67. The molecule has 17 heavy (non-hydrogen) atoms. The van der Waals surface area contributed by atoms with Crippen molar-refractivity contribution >= 4 is 34.5 Å². The summed E-state index contributed by atoms with van der Waals surface area (Å²) in [6, 6.07) is 5.49. The number of aromatic nitrogens is 1. The van der Waals surface area contributed by atoms with Gasteiger partial charge in [0.05, 0.1) is 5.69 Å². The van der Waals surface area contributed by atoms with Gasteiger partial charge in [-0.25, -0.2) is 4.98 Å². The molecule has 2 nitrogen and oxygen atoms in total. The maximum absolute atomic E-state index is 5.99. The van der Waals surface area contributed by atoms with Crippen molar-refractivity contribution in [2.45, 2.75) is 13.5 Å². The number of hydrogen-bond donors (Lipinski definition) is 1. The van der Waals surface area contributed by atoms with Crippen LogP contribution in [0, 0.1) is 6.92 Å². The zero-order valence-electron chi connectivity index (χ0n) is 9.55. The summed E-state index contributed by atoms with van der Waals surface area (Å²) in [5, 5.41) is 5.36. The molecular formula is C12H12Cl2N2S. The molecule has 0 radical (unpaired) electrons. The average Bonchev–Trinajstić information content (AvgIpc) is 2.60. The predicted octanol–water partition coefficient (Wildman–Crippen LogP) is 4.14. The van der Waals surface area contributed by atoms with Crippen LogP contribution in [0.15, 0.2) is 18.2 Å². The van der Waals surface area contributed by atoms with Crippen molar-refractivity contribution in [2.75, 3.05) is 7.05 Å². The van der Waals surface area contributed by atoms with E-state index in [9.17, 15) is 0 Å². The fourth-order valence-electron chi connectivity index (χ4n) is 1.55. The summed E-state index contributed by atoms with van der Waals surface area (Å²) in [6.07, 6.45) is 0. The highest BCUT2D eigenvalue weighted by molar-refractivity contribution is 7.15. The number of hydrogen-bond acceptors (Lipinski definition) is 3. The van der Waals surface area contributed by atoms with E-state index in [4.69, 9.17) is 23.2 Å². The molecule has 0 unspecified atom stereocenters. The van der Waals surface area contributed by atoms with Gasteiger partial charge in [0.1, 0.15) is 5.01 Å². The van der Waals surface area contributed by atoms with Crippen molar-refractivity contribution in [2.24, 2.45) is 0 Å². The van der Waals surface area contributed by atoms with E-state index in [-0.39, 0.29) is 0 Å². The van der Waals surface area contributed by atoms with Crippen molar-refractivity contribution in [3.8, 4) is 10.6 Å². The Balaban J connectivity index is 2.42. The Hall–Kier alpha value is -0.610. The van der Waals surface area contributed by atoms with Gasteiger partial charge in [0.15, 0.2) is 0 Å². The van der Waals surface area contributed by atoms with Gasteiger partial charge in [-0.1, -0.05) is 23.2 Å². The summed E-state index contributed by atoms with van der Waals surface area (Å²) < 4.78 is 0. The van der Waals surface area contributed by atoms with Crippen LogP contribution in [0.2, 0.25) is 10.0 Å². The highest BCUT2D eigenvalue weighted by Crippen LogP contribution is 2.31. The molecule has 1 heterocycles. The summed E-state index contributed by atoms with van der Waals surface area (Å²) in [5.74, 6) is 0. The number of nitrogens with zero attached hydrogens (tertiary/aromatic N) is 1. The summed E-state index contributed by atoms with van der Waals surface area (Å²) in [6.45, 7) is 2.84. The first-order chi connectivity index (χ1) is 8.10. The molecule has 5 heteroatoms. The lowest BCUT2D eigenvalue weighted by Crippen LogP contribution is -2.04. The monoisotopic (exact) mass is 286 g/mol. The van der Waals surface area contributed by atoms with Crippen LogP contribution in [0.5, 0.6) is 0 Å². The Labute approximate surface area is 115 Å². The molecule has 0 bridgehead atoms. The zero-order chi connectivity index (χ0) is 12.4. The first-order valence-corrected chi connectivity index (χ1v) is 6.75. The van der Waals surface area contributed by atoms with Gasteiger partial charge in [-0.3, -0.25) is 0 Å². The van der Waals surface area contributed by atoms with Crippen LogP contribution >= 0.6 is 34.5 Å². The second-order valence-electron chi connectivity index (χ2n) is 3.72. The molecule has 0 spiro atoms. The molecule has 2 rings (SSSR count). The van der Waals surface area contributed by atoms with E-state index in [1.165, 1.54) is 4.88 Å². The highest BCUT2D eigenvalue weighted by Gasteiger charge is 2.10. The topological polar surface area (TPSA) is 24.9 Å². The SMILES string of the molecule is CNCc1sc(-c2cc(Cl)cc(Cl)c2)nc1C. The van der Waals surface area contributed by atoms with Gasteiger partial charge in [-0.05, 0) is 32.2 Å². The number of benzene rings is 1. The fourth-order valence-corrected chi connectivity index (χ4v) is 3.14. The maximum Gasteiger partial charge on any atom is 0.124 e. The minimum atomic E-state index is 0.635. The van der Waals surface area contributed by atoms with Crippen molar-refractivity contribution in [3.63, 3.8) is 0 Å². The lowest BCUT2D eigenvalue weighted by Gasteiger charge is -1.98. The van der Waals surface area contributed by atoms with Crippen LogP contribution < -0.4 is 5.32 Å². The van der Waals surface area contributed by atoms with Crippen LogP contribution in [0.3, 0.4) is 0 Å². The molecule has 0 saturated heterocycles. The lowest BCUT2D eigenvalue weighted by atomic mass is 10.2. The minimum absolute atomic E-state index is 0.635. The summed E-state index contributed by atoms with van der Waals surface area (Å²) in [4.78, 5) is 5.78. The molecule has 2 aromatic rings. The van der Waals surface area contributed by atoms with E-state index in [0.29, 0.717) is 10.0 Å². The van der Waals surface area contributed by atoms with Crippen LogP contribution in [0.1, 0.15) is 10.6 Å². The standard InChI is InChI=1S/C12H12Cl2N2S/c1-7-11(6-15-2)17-12(16-7)8-3-9(13)5-10(14)4-8/h3-5,15H,6H2,1-2H3. The van der Waals surface area contributed by atoms with Crippen LogP contribution in [0.4, 0.5) is 0 Å². The number of nitrogens with one attached hydrogen (secondary N) is 1. The summed E-state index contributed by atoms with van der Waals surface area (Å²) in [5.41, 5.74) is 2.02. The maximum atomic E-state index is 5.99. The smallest absolute Gasteiger partial charge is 0.124 e. The van der Waals surface area contributed by atoms with Crippen LogP contribution in [0.25, 0.3) is 10.6 Å². The summed E-state index contributed by atoms with van der Waals surface area (Å²) in [7, 11) is 1.93. The van der Waals surface area contributed by atoms with Crippen molar-refractivity contribution in [3.05, 3.63) is 38.8 Å². The molecule has 0 aliphatic carbocycles. The minimum Gasteiger partial charge on any atom is -0.315 e. The van der Waals surface area contributed by atoms with Gasteiger partial charge in [-0.15, -0.1) is 11.3 Å². The molecule has 0 aliphatic rings. The molecular weight excluding hydrogens is 275 g/mol. The predicted molar refractivity (Wildman–Crippen MR) is 75.1 cm³/mol. The molecule has 1 N–H and O–H groups in total. The Morgan fingerprint density at radius 1 is 1.24 bits per heavy atom. The van der Waals surface area contributed by atoms with E-state index in [2.05, 4.69) is 10.3 Å². The molecule has 0 amide bonds. The third-order valence-electron chi connectivity index (χ3n) is 2.34. The molecule has 90 valence electrons. The van der Waals surface area contributed by atoms with Gasteiger partial charge >= 0.3 is 0 Å². The van der Waals surface area contributed by atoms with Gasteiger partial charge in [0.25, 0.3) is 0 Å². The Morgan fingerprint density at radius 3 is 2.47 bits per heavy atom. The average molecular weight is 287 g/mol. The zero-order valence-corrected chi connectivity index (χ0v) is 11.9. The van der Waals surface area contributed by atoms with E-state index in [1.807, 2.05) is 26.1 Å². The molecule has 0 fully saturated rings. The first kappa shape index (κ1) is 12.8. The molecule has 1 aromatic carbocycles. The van der Waals surface area contributed by atoms with Crippen molar-refractivity contribution in [1.82, 2.24) is 10.3 Å². The van der Waals surface area contributed by atoms with Gasteiger partial charge < -0.3 is 5.32 Å². The van der Waals surface area contributed by atoms with Crippen molar-refractivity contribution in [1.29, 1.82) is 0 Å². The normalized spacial score (nSPS) is 10.8. The molecule has 1 aromatic heterocycles. The summed E-state index contributed by atoms with van der Waals surface area (Å²) >= 11 is 13.6. The Bertz CT molecular complexity index is 517. The molecule has 0 aliphatic heterocycles. The number of thiazole rings is 1. The first-order valence-electron chi connectivity index (χ1n) is 5.17. The largest absolute Gasteiger partial charge is 0.315 e. The Kier molecular flexibility index (Phi) is 4.05. The molecule has 0 atom stereocenters. The van der Waals surface area contributed by atoms with Gasteiger partial charge in [0, 0.05) is 27.0 Å². The van der Waals surface area contributed by atoms with Crippen LogP contribution in [-0.4, -0.2) is 12.0 Å². The van der Waals surface area contributed by atoms with Gasteiger partial charge in [0.2, 0.25) is 0 Å². The van der Waals surface area contributed by atoms with E-state index >= 15 is 0 Å². The quantitative estimate of drug-likeness (QED) is 0.917. The third kappa shape index (κ3) is 2.99. The van der Waals surface area contributed by atoms with E-state index in [1.54, 1.807) is 17.4 Å². The fraction of sp³-hybridized carbons (Fsp3) is 0.250. The van der Waals surface area contributed by atoms with E-state index < -0.39 is 0 Å². The second kappa shape index (κ2) is 5.36. The highest BCUT2D eigenvalue weighted by atomic mass is 35.5. The lowest BCUT2D eigenvalue weighted by molar-refractivity contribution is 0.823. The number of rotatable bonds is 3. The Morgan fingerprint density at radius 2 is 1.88 bits per heavy atom.